The minimum absolute atomic E-state index is 0.262. The highest BCUT2D eigenvalue weighted by atomic mass is 16.1. The first-order valence-corrected chi connectivity index (χ1v) is 9.64. The van der Waals surface area contributed by atoms with E-state index >= 15 is 0 Å². The largest absolute Gasteiger partial charge is 0.289 e. The lowest BCUT2D eigenvalue weighted by atomic mass is 9.96. The monoisotopic (exact) mass is 367 g/mol. The molecule has 8 heteroatoms. The maximum absolute atomic E-state index is 12.6. The lowest BCUT2D eigenvalue weighted by Gasteiger charge is -2.21. The molecule has 0 saturated heterocycles. The Morgan fingerprint density at radius 1 is 1.22 bits per heavy atom. The van der Waals surface area contributed by atoms with Crippen molar-refractivity contribution in [3.05, 3.63) is 30.4 Å². The van der Waals surface area contributed by atoms with Crippen molar-refractivity contribution in [2.24, 2.45) is 5.92 Å². The van der Waals surface area contributed by atoms with E-state index in [-0.39, 0.29) is 5.91 Å². The molecule has 4 rings (SSSR count). The van der Waals surface area contributed by atoms with Crippen LogP contribution in [0.5, 0.6) is 0 Å². The SMILES string of the molecule is CC(C)Cn1ncc2cc(C(=O)Nc3ncn(C4CCCCC4)n3)cnc21. The zero-order valence-corrected chi connectivity index (χ0v) is 15.8. The van der Waals surface area contributed by atoms with Crippen molar-refractivity contribution in [3.8, 4) is 0 Å². The molecule has 1 N–H and O–H groups in total. The number of rotatable bonds is 5. The van der Waals surface area contributed by atoms with E-state index < -0.39 is 0 Å². The lowest BCUT2D eigenvalue weighted by Crippen LogP contribution is -2.16. The Hall–Kier alpha value is -2.77. The Morgan fingerprint density at radius 3 is 2.81 bits per heavy atom. The molecule has 0 bridgehead atoms. The fourth-order valence-electron chi connectivity index (χ4n) is 3.60. The molecule has 3 aromatic rings. The molecule has 0 aromatic carbocycles. The molecule has 8 nitrogen and oxygen atoms in total. The van der Waals surface area contributed by atoms with Gasteiger partial charge >= 0.3 is 0 Å². The highest BCUT2D eigenvalue weighted by Gasteiger charge is 2.18. The molecule has 0 radical (unpaired) electrons. The summed E-state index contributed by atoms with van der Waals surface area (Å²) in [4.78, 5) is 21.2. The second-order valence-electron chi connectivity index (χ2n) is 7.65. The minimum Gasteiger partial charge on any atom is -0.289 e. The van der Waals surface area contributed by atoms with Crippen LogP contribution in [-0.2, 0) is 6.54 Å². The number of nitrogens with zero attached hydrogens (tertiary/aromatic N) is 6. The molecule has 1 amide bonds. The molecule has 1 aliphatic rings. The number of fused-ring (bicyclic) bond motifs is 1. The van der Waals surface area contributed by atoms with E-state index in [4.69, 9.17) is 0 Å². The topological polar surface area (TPSA) is 90.5 Å². The van der Waals surface area contributed by atoms with Crippen LogP contribution >= 0.6 is 0 Å². The number of nitrogens with one attached hydrogen (secondary N) is 1. The van der Waals surface area contributed by atoms with Crippen LogP contribution in [-0.4, -0.2) is 35.4 Å². The van der Waals surface area contributed by atoms with Crippen LogP contribution in [0.3, 0.4) is 0 Å². The van der Waals surface area contributed by atoms with Crippen LogP contribution in [0.4, 0.5) is 5.95 Å². The van der Waals surface area contributed by atoms with Gasteiger partial charge < -0.3 is 0 Å². The van der Waals surface area contributed by atoms with Crippen molar-refractivity contribution in [1.29, 1.82) is 0 Å². The van der Waals surface area contributed by atoms with Crippen molar-refractivity contribution in [2.75, 3.05) is 5.32 Å². The van der Waals surface area contributed by atoms with E-state index in [9.17, 15) is 4.79 Å². The first-order valence-electron chi connectivity index (χ1n) is 9.64. The molecule has 0 spiro atoms. The molecule has 142 valence electrons. The second-order valence-corrected chi connectivity index (χ2v) is 7.65. The van der Waals surface area contributed by atoms with Crippen molar-refractivity contribution in [2.45, 2.75) is 58.5 Å². The first kappa shape index (κ1) is 17.6. The number of anilines is 1. The molecule has 3 aromatic heterocycles. The van der Waals surface area contributed by atoms with Crippen molar-refractivity contribution >= 4 is 22.9 Å². The summed E-state index contributed by atoms with van der Waals surface area (Å²) in [6.07, 6.45) is 11.0. The van der Waals surface area contributed by atoms with E-state index in [0.717, 1.165) is 30.4 Å². The fourth-order valence-corrected chi connectivity index (χ4v) is 3.60. The summed E-state index contributed by atoms with van der Waals surface area (Å²) in [7, 11) is 0. The van der Waals surface area contributed by atoms with E-state index in [1.807, 2.05) is 9.36 Å². The Balaban J connectivity index is 1.47. The zero-order valence-electron chi connectivity index (χ0n) is 15.8. The number of pyridine rings is 1. The Bertz CT molecular complexity index is 937. The third-order valence-electron chi connectivity index (χ3n) is 4.96. The molecule has 1 fully saturated rings. The van der Waals surface area contributed by atoms with Crippen LogP contribution in [0, 0.1) is 5.92 Å². The number of aromatic nitrogens is 6. The van der Waals surface area contributed by atoms with Gasteiger partial charge in [0.05, 0.1) is 17.8 Å². The molecular weight excluding hydrogens is 342 g/mol. The van der Waals surface area contributed by atoms with Gasteiger partial charge in [-0.3, -0.25) is 10.1 Å². The van der Waals surface area contributed by atoms with Gasteiger partial charge in [-0.25, -0.2) is 19.3 Å². The summed E-state index contributed by atoms with van der Waals surface area (Å²) < 4.78 is 3.75. The second kappa shape index (κ2) is 7.46. The van der Waals surface area contributed by atoms with Crippen LogP contribution in [0.25, 0.3) is 11.0 Å². The smallest absolute Gasteiger partial charge is 0.259 e. The number of amides is 1. The van der Waals surface area contributed by atoms with Crippen LogP contribution in [0.1, 0.15) is 62.4 Å². The fraction of sp³-hybridized carbons (Fsp3) is 0.526. The molecule has 27 heavy (non-hydrogen) atoms. The van der Waals surface area contributed by atoms with Crippen LogP contribution in [0.15, 0.2) is 24.8 Å². The van der Waals surface area contributed by atoms with Gasteiger partial charge in [0, 0.05) is 18.1 Å². The zero-order chi connectivity index (χ0) is 18.8. The van der Waals surface area contributed by atoms with Gasteiger partial charge in [-0.2, -0.15) is 5.10 Å². The standard InChI is InChI=1S/C19H25N7O/c1-13(2)11-25-17-14(10-22-25)8-15(9-20-17)18(27)23-19-21-12-26(24-19)16-6-4-3-5-7-16/h8-10,12-13,16H,3-7,11H2,1-2H3,(H,23,24,27). The number of hydrogen-bond donors (Lipinski definition) is 1. The lowest BCUT2D eigenvalue weighted by molar-refractivity contribution is 0.102. The normalized spacial score (nSPS) is 15.5. The molecule has 1 aliphatic carbocycles. The number of hydrogen-bond acceptors (Lipinski definition) is 5. The van der Waals surface area contributed by atoms with E-state index in [1.165, 1.54) is 19.3 Å². The van der Waals surface area contributed by atoms with Crippen molar-refractivity contribution in [3.63, 3.8) is 0 Å². The van der Waals surface area contributed by atoms with Gasteiger partial charge in [-0.1, -0.05) is 33.1 Å². The van der Waals surface area contributed by atoms with Gasteiger partial charge in [0.2, 0.25) is 5.95 Å². The summed E-state index contributed by atoms with van der Waals surface area (Å²) >= 11 is 0. The molecule has 3 heterocycles. The molecule has 0 aliphatic heterocycles. The first-order chi connectivity index (χ1) is 13.1. The van der Waals surface area contributed by atoms with Crippen LogP contribution < -0.4 is 5.32 Å². The van der Waals surface area contributed by atoms with E-state index in [0.29, 0.717) is 23.5 Å². The number of carbonyl (C=O) groups is 1. The van der Waals surface area contributed by atoms with Gasteiger partial charge in [0.1, 0.15) is 6.33 Å². The Morgan fingerprint density at radius 2 is 2.04 bits per heavy atom. The van der Waals surface area contributed by atoms with E-state index in [2.05, 4.69) is 39.3 Å². The van der Waals surface area contributed by atoms with Crippen molar-refractivity contribution < 1.29 is 4.79 Å². The maximum atomic E-state index is 12.6. The third-order valence-corrected chi connectivity index (χ3v) is 4.96. The maximum Gasteiger partial charge on any atom is 0.259 e. The summed E-state index contributed by atoms with van der Waals surface area (Å²) in [5, 5.41) is 12.4. The summed E-state index contributed by atoms with van der Waals surface area (Å²) in [5.74, 6) is 0.548. The highest BCUT2D eigenvalue weighted by molar-refractivity contribution is 6.04. The van der Waals surface area contributed by atoms with Gasteiger partial charge in [-0.15, -0.1) is 5.10 Å². The summed E-state index contributed by atoms with van der Waals surface area (Å²) in [6, 6.07) is 2.20. The molecule has 1 saturated carbocycles. The highest BCUT2D eigenvalue weighted by Crippen LogP contribution is 2.27. The van der Waals surface area contributed by atoms with Gasteiger partial charge in [0.15, 0.2) is 5.65 Å². The molecule has 0 unspecified atom stereocenters. The average molecular weight is 367 g/mol. The van der Waals surface area contributed by atoms with Crippen molar-refractivity contribution in [1.82, 2.24) is 29.5 Å². The summed E-state index contributed by atoms with van der Waals surface area (Å²) in [6.45, 7) is 5.06. The van der Waals surface area contributed by atoms with Gasteiger partial charge in [-0.05, 0) is 24.8 Å². The van der Waals surface area contributed by atoms with Crippen LogP contribution in [0.2, 0.25) is 0 Å². The Kier molecular flexibility index (Phi) is 4.87. The average Bonchev–Trinajstić information content (AvgIpc) is 3.29. The minimum atomic E-state index is -0.262. The van der Waals surface area contributed by atoms with E-state index in [1.54, 1.807) is 24.8 Å². The Labute approximate surface area is 158 Å². The summed E-state index contributed by atoms with van der Waals surface area (Å²) in [5.41, 5.74) is 1.26. The molecule has 0 atom stereocenters. The quantitative estimate of drug-likeness (QED) is 0.746. The third kappa shape index (κ3) is 3.84. The van der Waals surface area contributed by atoms with Gasteiger partial charge in [0.25, 0.3) is 5.91 Å². The predicted molar refractivity (Wildman–Crippen MR) is 102 cm³/mol. The predicted octanol–water partition coefficient (Wildman–Crippen LogP) is 3.44. The molecular formula is C19H25N7O. The number of carbonyl (C=O) groups excluding carboxylic acids is 1.